The van der Waals surface area contributed by atoms with Crippen molar-refractivity contribution >= 4 is 17.6 Å². The number of carbonyl (C=O) groups is 2. The quantitative estimate of drug-likeness (QED) is 0.585. The number of methoxy groups -OCH3 is 1. The predicted octanol–water partition coefficient (Wildman–Crippen LogP) is 0.109. The molecule has 1 aromatic rings. The summed E-state index contributed by atoms with van der Waals surface area (Å²) in [6.07, 6.45) is 0.264. The average molecular weight is 337 g/mol. The van der Waals surface area contributed by atoms with E-state index in [2.05, 4.69) is 10.6 Å². The minimum absolute atomic E-state index is 0.0308. The Balaban J connectivity index is 1.78. The van der Waals surface area contributed by atoms with E-state index in [0.717, 1.165) is 11.4 Å². The first-order valence-corrected chi connectivity index (χ1v) is 7.81. The van der Waals surface area contributed by atoms with Gasteiger partial charge >= 0.3 is 6.03 Å². The van der Waals surface area contributed by atoms with Crippen molar-refractivity contribution in [2.45, 2.75) is 12.5 Å². The Morgan fingerprint density at radius 1 is 1.33 bits per heavy atom. The molecule has 1 saturated heterocycles. The number of rotatable bonds is 8. The summed E-state index contributed by atoms with van der Waals surface area (Å²) in [5.74, 6) is 0.694. The molecule has 8 heteroatoms. The fourth-order valence-electron chi connectivity index (χ4n) is 2.46. The third-order valence-corrected chi connectivity index (χ3v) is 3.61. The normalized spacial score (nSPS) is 17.0. The number of hydrogen-bond acceptors (Lipinski definition) is 5. The number of amides is 3. The molecule has 0 saturated carbocycles. The minimum atomic E-state index is -0.336. The number of carbonyl (C=O) groups excluding carboxylic acids is 2. The highest BCUT2D eigenvalue weighted by molar-refractivity contribution is 5.96. The lowest BCUT2D eigenvalue weighted by molar-refractivity contribution is -0.117. The molecule has 0 spiro atoms. The molecule has 1 aromatic carbocycles. The lowest BCUT2D eigenvalue weighted by atomic mass is 10.2. The van der Waals surface area contributed by atoms with Gasteiger partial charge in [0.2, 0.25) is 5.91 Å². The number of nitrogens with zero attached hydrogens (tertiary/aromatic N) is 1. The van der Waals surface area contributed by atoms with Crippen molar-refractivity contribution in [3.8, 4) is 5.75 Å². The van der Waals surface area contributed by atoms with Crippen LogP contribution in [0.3, 0.4) is 0 Å². The highest BCUT2D eigenvalue weighted by Crippen LogP contribution is 2.24. The number of nitrogens with one attached hydrogen (secondary N) is 2. The number of urea groups is 1. The largest absolute Gasteiger partial charge is 0.497 e. The van der Waals surface area contributed by atoms with Gasteiger partial charge in [-0.1, -0.05) is 0 Å². The molecule has 2 rings (SSSR count). The fourth-order valence-corrected chi connectivity index (χ4v) is 2.46. The molecular weight excluding hydrogens is 314 g/mol. The summed E-state index contributed by atoms with van der Waals surface area (Å²) in [4.78, 5) is 25.6. The van der Waals surface area contributed by atoms with E-state index in [1.54, 1.807) is 24.1 Å². The Morgan fingerprint density at radius 2 is 2.08 bits per heavy atom. The molecule has 3 N–H and O–H groups in total. The number of anilines is 1. The summed E-state index contributed by atoms with van der Waals surface area (Å²) in [5, 5.41) is 14.0. The summed E-state index contributed by atoms with van der Waals surface area (Å²) >= 11 is 0. The van der Waals surface area contributed by atoms with E-state index in [-0.39, 0.29) is 37.6 Å². The van der Waals surface area contributed by atoms with Crippen LogP contribution < -0.4 is 20.3 Å². The number of ether oxygens (including phenoxy) is 2. The second-order valence-electron chi connectivity index (χ2n) is 5.34. The number of aliphatic hydroxyl groups is 1. The molecule has 1 aliphatic rings. The Kier molecular flexibility index (Phi) is 6.83. The van der Waals surface area contributed by atoms with Crippen LogP contribution in [0.5, 0.6) is 5.75 Å². The topological polar surface area (TPSA) is 100 Å². The Morgan fingerprint density at radius 3 is 2.75 bits per heavy atom. The van der Waals surface area contributed by atoms with Crippen molar-refractivity contribution in [3.63, 3.8) is 0 Å². The van der Waals surface area contributed by atoms with Crippen molar-refractivity contribution in [3.05, 3.63) is 24.3 Å². The highest BCUT2D eigenvalue weighted by atomic mass is 16.5. The van der Waals surface area contributed by atoms with E-state index >= 15 is 0 Å². The summed E-state index contributed by atoms with van der Waals surface area (Å²) < 4.78 is 10.2. The molecule has 0 aliphatic carbocycles. The Bertz CT molecular complexity index is 549. The average Bonchev–Trinajstić information content (AvgIpc) is 2.95. The summed E-state index contributed by atoms with van der Waals surface area (Å²) in [6.45, 7) is 1.30. The molecule has 0 aromatic heterocycles. The van der Waals surface area contributed by atoms with E-state index in [1.807, 2.05) is 12.1 Å². The van der Waals surface area contributed by atoms with E-state index in [4.69, 9.17) is 14.6 Å². The first kappa shape index (κ1) is 18.0. The van der Waals surface area contributed by atoms with Gasteiger partial charge in [0.15, 0.2) is 0 Å². The molecule has 8 nitrogen and oxygen atoms in total. The van der Waals surface area contributed by atoms with Gasteiger partial charge in [0.1, 0.15) is 5.75 Å². The summed E-state index contributed by atoms with van der Waals surface area (Å²) in [5.41, 5.74) is 0.780. The molecule has 3 amide bonds. The molecule has 0 radical (unpaired) electrons. The molecule has 1 unspecified atom stereocenters. The third-order valence-electron chi connectivity index (χ3n) is 3.61. The van der Waals surface area contributed by atoms with Crippen molar-refractivity contribution in [1.82, 2.24) is 10.6 Å². The van der Waals surface area contributed by atoms with Gasteiger partial charge in [0, 0.05) is 25.2 Å². The molecule has 0 bridgehead atoms. The van der Waals surface area contributed by atoms with Gasteiger partial charge < -0.3 is 30.1 Å². The lowest BCUT2D eigenvalue weighted by Crippen LogP contribution is -2.44. The van der Waals surface area contributed by atoms with E-state index in [9.17, 15) is 9.59 Å². The van der Waals surface area contributed by atoms with Crippen LogP contribution in [0, 0.1) is 0 Å². The molecule has 24 heavy (non-hydrogen) atoms. The second kappa shape index (κ2) is 9.09. The highest BCUT2D eigenvalue weighted by Gasteiger charge is 2.31. The predicted molar refractivity (Wildman–Crippen MR) is 88.2 cm³/mol. The van der Waals surface area contributed by atoms with Crippen molar-refractivity contribution in [2.24, 2.45) is 0 Å². The molecular formula is C16H23N3O5. The molecule has 1 atom stereocenters. The van der Waals surface area contributed by atoms with Gasteiger partial charge in [-0.3, -0.25) is 4.79 Å². The van der Waals surface area contributed by atoms with Crippen LogP contribution in [-0.4, -0.2) is 63.1 Å². The van der Waals surface area contributed by atoms with E-state index < -0.39 is 0 Å². The Hall–Kier alpha value is -2.32. The maximum Gasteiger partial charge on any atom is 0.315 e. The molecule has 1 fully saturated rings. The van der Waals surface area contributed by atoms with E-state index in [1.165, 1.54) is 0 Å². The number of aliphatic hydroxyl groups excluding tert-OH is 1. The lowest BCUT2D eigenvalue weighted by Gasteiger charge is -2.17. The fraction of sp³-hybridized carbons (Fsp3) is 0.500. The van der Waals surface area contributed by atoms with Crippen molar-refractivity contribution in [2.75, 3.05) is 44.9 Å². The van der Waals surface area contributed by atoms with Gasteiger partial charge in [-0.05, 0) is 24.3 Å². The second-order valence-corrected chi connectivity index (χ2v) is 5.34. The first-order valence-electron chi connectivity index (χ1n) is 7.81. The number of hydrogen-bond donors (Lipinski definition) is 3. The van der Waals surface area contributed by atoms with Gasteiger partial charge in [0.05, 0.1) is 33.0 Å². The maximum absolute atomic E-state index is 12.1. The van der Waals surface area contributed by atoms with Crippen LogP contribution in [0.1, 0.15) is 6.42 Å². The third kappa shape index (κ3) is 5.10. The zero-order valence-electron chi connectivity index (χ0n) is 13.7. The van der Waals surface area contributed by atoms with Crippen LogP contribution in [0.25, 0.3) is 0 Å². The van der Waals surface area contributed by atoms with Crippen LogP contribution in [0.4, 0.5) is 10.5 Å². The van der Waals surface area contributed by atoms with Crippen LogP contribution in [0.2, 0.25) is 0 Å². The summed E-state index contributed by atoms with van der Waals surface area (Å²) in [7, 11) is 1.59. The monoisotopic (exact) mass is 337 g/mol. The Labute approximate surface area is 140 Å². The smallest absolute Gasteiger partial charge is 0.315 e. The van der Waals surface area contributed by atoms with Gasteiger partial charge in [-0.2, -0.15) is 0 Å². The minimum Gasteiger partial charge on any atom is -0.497 e. The van der Waals surface area contributed by atoms with Crippen LogP contribution >= 0.6 is 0 Å². The SMILES string of the molecule is COc1ccc(N2CC(NC(=O)NCCOCCO)CC2=O)cc1. The molecule has 1 heterocycles. The zero-order chi connectivity index (χ0) is 17.4. The van der Waals surface area contributed by atoms with E-state index in [0.29, 0.717) is 19.7 Å². The van der Waals surface area contributed by atoms with Gasteiger partial charge in [0.25, 0.3) is 0 Å². The molecule has 1 aliphatic heterocycles. The van der Waals surface area contributed by atoms with Crippen LogP contribution in [0.15, 0.2) is 24.3 Å². The van der Waals surface area contributed by atoms with Crippen molar-refractivity contribution in [1.29, 1.82) is 0 Å². The van der Waals surface area contributed by atoms with Gasteiger partial charge in [-0.25, -0.2) is 4.79 Å². The number of benzene rings is 1. The zero-order valence-corrected chi connectivity index (χ0v) is 13.7. The standard InChI is InChI=1S/C16H23N3O5/c1-23-14-4-2-13(3-5-14)19-11-12(10-15(19)21)18-16(22)17-6-8-24-9-7-20/h2-5,12,20H,6-11H2,1H3,(H2,17,18,22). The summed E-state index contributed by atoms with van der Waals surface area (Å²) in [6, 6.07) is 6.65. The molecule has 132 valence electrons. The first-order chi connectivity index (χ1) is 11.6. The van der Waals surface area contributed by atoms with Crippen molar-refractivity contribution < 1.29 is 24.2 Å². The maximum atomic E-state index is 12.1. The van der Waals surface area contributed by atoms with Crippen LogP contribution in [-0.2, 0) is 9.53 Å². The van der Waals surface area contributed by atoms with Gasteiger partial charge in [-0.15, -0.1) is 0 Å².